The lowest BCUT2D eigenvalue weighted by Gasteiger charge is -2.02. The van der Waals surface area contributed by atoms with E-state index in [1.165, 1.54) is 0 Å². The monoisotopic (exact) mass is 130 g/mol. The molecule has 52 valence electrons. The van der Waals surface area contributed by atoms with Crippen molar-refractivity contribution in [2.45, 2.75) is 19.4 Å². The molecule has 3 nitrogen and oxygen atoms in total. The van der Waals surface area contributed by atoms with Crippen molar-refractivity contribution in [2.24, 2.45) is 0 Å². The summed E-state index contributed by atoms with van der Waals surface area (Å²) in [5.74, 6) is -0.245. The van der Waals surface area contributed by atoms with Crippen molar-refractivity contribution >= 4 is 5.97 Å². The zero-order chi connectivity index (χ0) is 6.91. The van der Waals surface area contributed by atoms with Crippen LogP contribution in [0.1, 0.15) is 13.8 Å². The third kappa shape index (κ3) is 1.21. The van der Waals surface area contributed by atoms with E-state index in [-0.39, 0.29) is 5.97 Å². The molecule has 1 aliphatic rings. The van der Waals surface area contributed by atoms with Crippen molar-refractivity contribution in [1.82, 2.24) is 0 Å². The van der Waals surface area contributed by atoms with Gasteiger partial charge in [0.2, 0.25) is 0 Å². The van der Waals surface area contributed by atoms with Gasteiger partial charge < -0.3 is 9.47 Å². The van der Waals surface area contributed by atoms with Gasteiger partial charge in [0, 0.05) is 0 Å². The van der Waals surface area contributed by atoms with Gasteiger partial charge in [-0.25, -0.2) is 4.79 Å². The molecular formula is C6H10O3. The molecule has 0 aliphatic carbocycles. The minimum absolute atomic E-state index is 0.245. The highest BCUT2D eigenvalue weighted by molar-refractivity contribution is 5.81. The fourth-order valence-electron chi connectivity index (χ4n) is 0.510. The summed E-state index contributed by atoms with van der Waals surface area (Å²) < 4.78 is 9.54. The van der Waals surface area contributed by atoms with Crippen LogP contribution in [0, 0.1) is 0 Å². The molecule has 1 aliphatic heterocycles. The van der Waals surface area contributed by atoms with E-state index in [1.807, 2.05) is 0 Å². The summed E-state index contributed by atoms with van der Waals surface area (Å²) >= 11 is 0. The number of hydrogen-bond acceptors (Lipinski definition) is 3. The van der Waals surface area contributed by atoms with Gasteiger partial charge in [0.05, 0.1) is 13.2 Å². The zero-order valence-electron chi connectivity index (χ0n) is 5.64. The van der Waals surface area contributed by atoms with Crippen LogP contribution in [-0.2, 0) is 14.3 Å². The number of hydrogen-bond donors (Lipinski definition) is 0. The normalized spacial score (nSPS) is 31.8. The number of esters is 1. The Labute approximate surface area is 53.9 Å². The average molecular weight is 130 g/mol. The topological polar surface area (TPSA) is 38.8 Å². The molecule has 9 heavy (non-hydrogen) atoms. The maximum atomic E-state index is 10.8. The Morgan fingerprint density at radius 1 is 1.89 bits per heavy atom. The summed E-state index contributed by atoms with van der Waals surface area (Å²) in [4.78, 5) is 10.8. The number of carbonyl (C=O) groups is 1. The summed E-state index contributed by atoms with van der Waals surface area (Å²) in [5, 5.41) is 0. The van der Waals surface area contributed by atoms with Crippen LogP contribution in [0.3, 0.4) is 0 Å². The summed E-state index contributed by atoms with van der Waals surface area (Å²) in [6.45, 7) is 4.44. The van der Waals surface area contributed by atoms with E-state index in [9.17, 15) is 4.79 Å². The quantitative estimate of drug-likeness (QED) is 0.399. The molecule has 0 aromatic rings. The molecule has 0 aromatic carbocycles. The maximum absolute atomic E-state index is 10.8. The van der Waals surface area contributed by atoms with Crippen LogP contribution in [0.4, 0.5) is 0 Å². The molecule has 1 fully saturated rings. The molecule has 0 bridgehead atoms. The van der Waals surface area contributed by atoms with Gasteiger partial charge in [-0.3, -0.25) is 0 Å². The second-order valence-electron chi connectivity index (χ2n) is 2.24. The predicted molar refractivity (Wildman–Crippen MR) is 31.0 cm³/mol. The first-order valence-corrected chi connectivity index (χ1v) is 3.00. The largest absolute Gasteiger partial charge is 0.464 e. The third-order valence-corrected chi connectivity index (χ3v) is 1.28. The van der Waals surface area contributed by atoms with E-state index in [0.717, 1.165) is 0 Å². The number of rotatable bonds is 2. The van der Waals surface area contributed by atoms with Crippen LogP contribution >= 0.6 is 0 Å². The zero-order valence-corrected chi connectivity index (χ0v) is 5.64. The van der Waals surface area contributed by atoms with Gasteiger partial charge >= 0.3 is 5.97 Å². The lowest BCUT2D eigenvalue weighted by molar-refractivity contribution is -0.148. The number of carbonyl (C=O) groups excluding carboxylic acids is 1. The first-order valence-electron chi connectivity index (χ1n) is 3.00. The lowest BCUT2D eigenvalue weighted by atomic mass is 10.2. The van der Waals surface area contributed by atoms with Gasteiger partial charge in [-0.15, -0.1) is 0 Å². The van der Waals surface area contributed by atoms with Crippen molar-refractivity contribution < 1.29 is 14.3 Å². The Morgan fingerprint density at radius 2 is 2.44 bits per heavy atom. The molecule has 1 rings (SSSR count). The minimum atomic E-state index is -0.601. The van der Waals surface area contributed by atoms with E-state index in [4.69, 9.17) is 9.47 Å². The summed E-state index contributed by atoms with van der Waals surface area (Å²) in [6.07, 6.45) is 0. The molecule has 1 heterocycles. The first kappa shape index (κ1) is 6.55. The smallest absolute Gasteiger partial charge is 0.340 e. The number of ether oxygens (including phenoxy) is 2. The van der Waals surface area contributed by atoms with Crippen molar-refractivity contribution in [3.05, 3.63) is 0 Å². The summed E-state index contributed by atoms with van der Waals surface area (Å²) in [5.41, 5.74) is -0.601. The Morgan fingerprint density at radius 3 is 2.78 bits per heavy atom. The standard InChI is InChI=1S/C6H10O3/c1-3-8-5(7)6(2)4-9-6/h3-4H2,1-2H3. The molecule has 0 amide bonds. The molecule has 0 spiro atoms. The summed E-state index contributed by atoms with van der Waals surface area (Å²) in [6, 6.07) is 0. The molecule has 0 saturated carbocycles. The van der Waals surface area contributed by atoms with Gasteiger partial charge in [-0.2, -0.15) is 0 Å². The Kier molecular flexibility index (Phi) is 1.45. The van der Waals surface area contributed by atoms with E-state index in [2.05, 4.69) is 0 Å². The Bertz CT molecular complexity index is 126. The van der Waals surface area contributed by atoms with Crippen LogP contribution in [0.15, 0.2) is 0 Å². The molecule has 0 aromatic heterocycles. The van der Waals surface area contributed by atoms with Crippen molar-refractivity contribution in [3.63, 3.8) is 0 Å². The van der Waals surface area contributed by atoms with Crippen LogP contribution < -0.4 is 0 Å². The average Bonchev–Trinajstić information content (AvgIpc) is 2.50. The lowest BCUT2D eigenvalue weighted by Crippen LogP contribution is -2.22. The van der Waals surface area contributed by atoms with Gasteiger partial charge in [0.1, 0.15) is 0 Å². The highest BCUT2D eigenvalue weighted by Gasteiger charge is 2.48. The molecule has 3 heteroatoms. The molecule has 1 unspecified atom stereocenters. The molecule has 1 atom stereocenters. The Hall–Kier alpha value is -0.570. The van der Waals surface area contributed by atoms with Crippen LogP contribution in [0.2, 0.25) is 0 Å². The minimum Gasteiger partial charge on any atom is -0.464 e. The fourth-order valence-corrected chi connectivity index (χ4v) is 0.510. The third-order valence-electron chi connectivity index (χ3n) is 1.28. The highest BCUT2D eigenvalue weighted by Crippen LogP contribution is 2.26. The van der Waals surface area contributed by atoms with E-state index in [0.29, 0.717) is 13.2 Å². The van der Waals surface area contributed by atoms with Gasteiger partial charge in [0.25, 0.3) is 0 Å². The van der Waals surface area contributed by atoms with Crippen LogP contribution in [0.5, 0.6) is 0 Å². The fraction of sp³-hybridized carbons (Fsp3) is 0.833. The van der Waals surface area contributed by atoms with Crippen LogP contribution in [-0.4, -0.2) is 24.8 Å². The van der Waals surface area contributed by atoms with Gasteiger partial charge in [0.15, 0.2) is 5.60 Å². The Balaban J connectivity index is 2.34. The molecule has 1 saturated heterocycles. The van der Waals surface area contributed by atoms with Crippen molar-refractivity contribution in [1.29, 1.82) is 0 Å². The van der Waals surface area contributed by atoms with Crippen molar-refractivity contribution in [2.75, 3.05) is 13.2 Å². The maximum Gasteiger partial charge on any atom is 0.340 e. The van der Waals surface area contributed by atoms with Gasteiger partial charge in [-0.05, 0) is 13.8 Å². The van der Waals surface area contributed by atoms with Gasteiger partial charge in [-0.1, -0.05) is 0 Å². The second kappa shape index (κ2) is 1.99. The summed E-state index contributed by atoms with van der Waals surface area (Å²) in [7, 11) is 0. The SMILES string of the molecule is CCOC(=O)C1(C)CO1. The van der Waals surface area contributed by atoms with E-state index >= 15 is 0 Å². The predicted octanol–water partition coefficient (Wildman–Crippen LogP) is 0.338. The number of epoxide rings is 1. The first-order chi connectivity index (χ1) is 4.19. The van der Waals surface area contributed by atoms with E-state index < -0.39 is 5.60 Å². The molecule has 0 radical (unpaired) electrons. The highest BCUT2D eigenvalue weighted by atomic mass is 16.6. The second-order valence-corrected chi connectivity index (χ2v) is 2.24. The molecule has 0 N–H and O–H groups in total. The van der Waals surface area contributed by atoms with Crippen molar-refractivity contribution in [3.8, 4) is 0 Å². The molecular weight excluding hydrogens is 120 g/mol. The van der Waals surface area contributed by atoms with Crippen LogP contribution in [0.25, 0.3) is 0 Å². The van der Waals surface area contributed by atoms with E-state index in [1.54, 1.807) is 13.8 Å².